The number of benzene rings is 3. The van der Waals surface area contributed by atoms with Gasteiger partial charge in [-0.25, -0.2) is 4.98 Å². The fourth-order valence-corrected chi connectivity index (χ4v) is 8.68. The van der Waals surface area contributed by atoms with E-state index in [1.165, 1.54) is 4.90 Å². The molecule has 0 bridgehead atoms. The zero-order chi connectivity index (χ0) is 40.6. The summed E-state index contributed by atoms with van der Waals surface area (Å²) < 4.78 is 7.98. The number of nitrogens with zero attached hydrogens (tertiary/aromatic N) is 5. The van der Waals surface area contributed by atoms with Gasteiger partial charge in [-0.3, -0.25) is 34.3 Å². The number of pyridine rings is 1. The van der Waals surface area contributed by atoms with Crippen LogP contribution in [0.3, 0.4) is 0 Å². The first kappa shape index (κ1) is 37.9. The van der Waals surface area contributed by atoms with Crippen molar-refractivity contribution in [3.8, 4) is 34.4 Å². The number of fused-ring (bicyclic) bond motifs is 3. The second-order valence-electron chi connectivity index (χ2n) is 15.5. The van der Waals surface area contributed by atoms with E-state index in [-0.39, 0.29) is 36.6 Å². The van der Waals surface area contributed by atoms with E-state index in [1.54, 1.807) is 31.2 Å². The van der Waals surface area contributed by atoms with E-state index in [0.29, 0.717) is 55.1 Å². The molecule has 13 nitrogen and oxygen atoms in total. The van der Waals surface area contributed by atoms with Gasteiger partial charge in [0.05, 0.1) is 23.6 Å². The molecule has 13 heteroatoms. The van der Waals surface area contributed by atoms with E-state index in [1.807, 2.05) is 35.4 Å². The molecule has 1 unspecified atom stereocenters. The van der Waals surface area contributed by atoms with E-state index < -0.39 is 11.9 Å². The van der Waals surface area contributed by atoms with Gasteiger partial charge >= 0.3 is 0 Å². The highest BCUT2D eigenvalue weighted by molar-refractivity contribution is 6.05. The van der Waals surface area contributed by atoms with Gasteiger partial charge in [0.1, 0.15) is 11.9 Å². The third-order valence-corrected chi connectivity index (χ3v) is 11.9. The molecule has 6 heterocycles. The number of nitrogens with one attached hydrogen (secondary N) is 2. The van der Waals surface area contributed by atoms with Crippen molar-refractivity contribution in [2.45, 2.75) is 70.6 Å². The maximum absolute atomic E-state index is 13.1. The monoisotopic (exact) mass is 789 g/mol. The molecule has 4 aliphatic rings. The molecule has 2 N–H and O–H groups in total. The van der Waals surface area contributed by atoms with Gasteiger partial charge in [0, 0.05) is 104 Å². The number of amides is 5. The highest BCUT2D eigenvalue weighted by Gasteiger charge is 2.40. The lowest BCUT2D eigenvalue weighted by Gasteiger charge is -2.30. The van der Waals surface area contributed by atoms with Gasteiger partial charge in [-0.15, -0.1) is 0 Å². The van der Waals surface area contributed by atoms with E-state index in [9.17, 15) is 24.0 Å². The van der Waals surface area contributed by atoms with Crippen molar-refractivity contribution in [2.24, 2.45) is 0 Å². The number of rotatable bonds is 7. The first-order valence-electron chi connectivity index (χ1n) is 20.2. The number of hydrogen-bond acceptors (Lipinski definition) is 8. The SMILES string of the molecule is CC(=O)N1CCn2c(C3CCOCC3)nc(-c3cccc4cc(-c5ccc(C(=O)NCCC#Cc6cccc7c6CN(C6CCC(=O)NC6=O)C7=O)cc5)ncc34)c2C1. The smallest absolute Gasteiger partial charge is 0.255 e. The molecule has 3 aromatic carbocycles. The Balaban J connectivity index is 0.858. The summed E-state index contributed by atoms with van der Waals surface area (Å²) in [5.74, 6) is 6.47. The number of hydrogen-bond donors (Lipinski definition) is 2. The van der Waals surface area contributed by atoms with Crippen LogP contribution < -0.4 is 10.6 Å². The third kappa shape index (κ3) is 7.36. The van der Waals surface area contributed by atoms with Gasteiger partial charge in [-0.1, -0.05) is 48.2 Å². The van der Waals surface area contributed by atoms with Gasteiger partial charge in [0.2, 0.25) is 17.7 Å². The first-order valence-corrected chi connectivity index (χ1v) is 20.2. The molecule has 2 fully saturated rings. The molecule has 0 radical (unpaired) electrons. The van der Waals surface area contributed by atoms with Crippen molar-refractivity contribution in [2.75, 3.05) is 26.3 Å². The largest absolute Gasteiger partial charge is 0.381 e. The molecule has 298 valence electrons. The first-order chi connectivity index (χ1) is 28.7. The van der Waals surface area contributed by atoms with E-state index in [0.717, 1.165) is 83.0 Å². The lowest BCUT2D eigenvalue weighted by Crippen LogP contribution is -2.52. The maximum Gasteiger partial charge on any atom is 0.255 e. The van der Waals surface area contributed by atoms with Crippen LogP contribution in [-0.4, -0.2) is 86.2 Å². The predicted octanol–water partition coefficient (Wildman–Crippen LogP) is 4.95. The Morgan fingerprint density at radius 3 is 2.54 bits per heavy atom. The molecule has 1 atom stereocenters. The molecule has 0 spiro atoms. The quantitative estimate of drug-likeness (QED) is 0.133. The predicted molar refractivity (Wildman–Crippen MR) is 219 cm³/mol. The lowest BCUT2D eigenvalue weighted by molar-refractivity contribution is -0.137. The molecule has 2 saturated heterocycles. The summed E-state index contributed by atoms with van der Waals surface area (Å²) >= 11 is 0. The van der Waals surface area contributed by atoms with Crippen LogP contribution in [-0.2, 0) is 38.8 Å². The summed E-state index contributed by atoms with van der Waals surface area (Å²) in [6.45, 7) is 5.57. The van der Waals surface area contributed by atoms with Crippen LogP contribution in [0, 0.1) is 11.8 Å². The molecular weight excluding hydrogens is 747 g/mol. The molecule has 5 aromatic rings. The number of piperidine rings is 1. The fourth-order valence-electron chi connectivity index (χ4n) is 8.68. The van der Waals surface area contributed by atoms with Crippen LogP contribution in [0.1, 0.15) is 88.3 Å². The van der Waals surface area contributed by atoms with Gasteiger partial charge < -0.3 is 24.4 Å². The number of aromatic nitrogens is 3. The summed E-state index contributed by atoms with van der Waals surface area (Å²) in [7, 11) is 0. The van der Waals surface area contributed by atoms with Crippen LogP contribution in [0.25, 0.3) is 33.3 Å². The van der Waals surface area contributed by atoms with Crippen LogP contribution in [0.4, 0.5) is 0 Å². The van der Waals surface area contributed by atoms with Crippen molar-refractivity contribution >= 4 is 40.3 Å². The van der Waals surface area contributed by atoms with Gasteiger partial charge in [0.15, 0.2) is 0 Å². The molecular formula is C46H43N7O6. The summed E-state index contributed by atoms with van der Waals surface area (Å²) in [5, 5.41) is 7.26. The van der Waals surface area contributed by atoms with Crippen molar-refractivity contribution in [1.82, 2.24) is 35.0 Å². The highest BCUT2D eigenvalue weighted by atomic mass is 16.5. The van der Waals surface area contributed by atoms with Crippen molar-refractivity contribution in [1.29, 1.82) is 0 Å². The van der Waals surface area contributed by atoms with Crippen molar-refractivity contribution < 1.29 is 28.7 Å². The van der Waals surface area contributed by atoms with Gasteiger partial charge in [-0.2, -0.15) is 0 Å². The number of carbonyl (C=O) groups excluding carboxylic acids is 5. The summed E-state index contributed by atoms with van der Waals surface area (Å²) in [6, 6.07) is 20.3. The Kier molecular flexibility index (Phi) is 10.2. The minimum atomic E-state index is -0.687. The zero-order valence-corrected chi connectivity index (χ0v) is 32.8. The second kappa shape index (κ2) is 15.9. The van der Waals surface area contributed by atoms with Crippen LogP contribution >= 0.6 is 0 Å². The molecule has 5 amide bonds. The van der Waals surface area contributed by atoms with Crippen LogP contribution in [0.15, 0.2) is 72.9 Å². The van der Waals surface area contributed by atoms with Crippen molar-refractivity contribution in [3.63, 3.8) is 0 Å². The molecule has 2 aromatic heterocycles. The lowest BCUT2D eigenvalue weighted by atomic mass is 9.99. The Labute approximate surface area is 341 Å². The average molecular weight is 790 g/mol. The van der Waals surface area contributed by atoms with E-state index in [2.05, 4.69) is 45.2 Å². The standard InChI is InChI=1S/C46H43N7O6/c1-28(54)51-20-21-52-40(27-51)42(50-43(52)31-17-22-59-23-18-31)34-9-5-8-33-24-38(48-25-36(33)34)30-11-13-32(14-12-30)44(56)47-19-3-2-6-29-7-4-10-35-37(29)26-53(46(35)58)39-15-16-41(55)49-45(39)57/h4-5,7-14,24-25,31,39H,3,15-23,26-27H2,1H3,(H,47,56)(H,49,55,57). The number of imidazole rings is 1. The fraction of sp³-hybridized carbons (Fsp3) is 0.326. The minimum absolute atomic E-state index is 0.0592. The molecule has 0 saturated carbocycles. The van der Waals surface area contributed by atoms with Crippen molar-refractivity contribution in [3.05, 3.63) is 107 Å². The van der Waals surface area contributed by atoms with E-state index >= 15 is 0 Å². The molecule has 59 heavy (non-hydrogen) atoms. The van der Waals surface area contributed by atoms with Crippen LogP contribution in [0.5, 0.6) is 0 Å². The molecule has 9 rings (SSSR count). The molecule has 4 aliphatic heterocycles. The minimum Gasteiger partial charge on any atom is -0.381 e. The van der Waals surface area contributed by atoms with E-state index in [4.69, 9.17) is 14.7 Å². The Morgan fingerprint density at radius 1 is 0.949 bits per heavy atom. The summed E-state index contributed by atoms with van der Waals surface area (Å²) in [4.78, 5) is 76.2. The topological polar surface area (TPSA) is 156 Å². The second-order valence-corrected chi connectivity index (χ2v) is 15.5. The Morgan fingerprint density at radius 2 is 1.75 bits per heavy atom. The Hall–Kier alpha value is -6.65. The third-order valence-electron chi connectivity index (χ3n) is 11.9. The number of ether oxygens (including phenoxy) is 1. The Bertz CT molecular complexity index is 2600. The van der Waals surface area contributed by atoms with Crippen LogP contribution in [0.2, 0.25) is 0 Å². The number of imide groups is 1. The normalized spacial score (nSPS) is 17.9. The summed E-state index contributed by atoms with van der Waals surface area (Å²) in [6.07, 6.45) is 4.64. The zero-order valence-electron chi connectivity index (χ0n) is 32.8. The highest BCUT2D eigenvalue weighted by Crippen LogP contribution is 2.38. The average Bonchev–Trinajstić information content (AvgIpc) is 3.81. The summed E-state index contributed by atoms with van der Waals surface area (Å²) in [5.41, 5.74) is 7.10. The molecule has 0 aliphatic carbocycles. The maximum atomic E-state index is 13.1. The number of carbonyl (C=O) groups is 5. The van der Waals surface area contributed by atoms with Gasteiger partial charge in [-0.05, 0) is 60.5 Å². The van der Waals surface area contributed by atoms with Gasteiger partial charge in [0.25, 0.3) is 11.8 Å².